The molecule has 0 fully saturated rings. The van der Waals surface area contributed by atoms with Crippen molar-refractivity contribution in [3.05, 3.63) is 163 Å². The Bertz CT molecular complexity index is 2650. The summed E-state index contributed by atoms with van der Waals surface area (Å²) in [5.74, 6) is 1.00. The molecule has 0 saturated carbocycles. The molecule has 2 heterocycles. The van der Waals surface area contributed by atoms with Crippen molar-refractivity contribution in [2.45, 2.75) is 0 Å². The van der Waals surface area contributed by atoms with E-state index in [1.54, 1.807) is 0 Å². The van der Waals surface area contributed by atoms with Crippen molar-refractivity contribution in [1.82, 2.24) is 15.0 Å². The van der Waals surface area contributed by atoms with Gasteiger partial charge >= 0.3 is 0 Å². The minimum Gasteiger partial charge on any atom is -0.456 e. The van der Waals surface area contributed by atoms with Crippen LogP contribution < -0.4 is 0 Å². The van der Waals surface area contributed by atoms with Crippen LogP contribution in [0.1, 0.15) is 0 Å². The lowest BCUT2D eigenvalue weighted by Gasteiger charge is -2.10. The van der Waals surface area contributed by atoms with E-state index < -0.39 is 0 Å². The highest BCUT2D eigenvalue weighted by atomic mass is 35.5. The van der Waals surface area contributed by atoms with Gasteiger partial charge in [-0.1, -0.05) is 115 Å². The van der Waals surface area contributed by atoms with Crippen LogP contribution >= 0.6 is 11.6 Å². The molecule has 226 valence electrons. The molecule has 0 saturated heterocycles. The molecular weight excluding hydrogens is 610 g/mol. The Morgan fingerprint density at radius 2 is 0.875 bits per heavy atom. The van der Waals surface area contributed by atoms with Crippen LogP contribution in [0.5, 0.6) is 0 Å². The smallest absolute Gasteiger partial charge is 0.226 e. The molecule has 48 heavy (non-hydrogen) atoms. The molecule has 0 aliphatic heterocycles. The van der Waals surface area contributed by atoms with Crippen LogP contribution in [0.25, 0.3) is 88.9 Å². The number of nitrogens with zero attached hydrogens (tertiary/aromatic N) is 3. The molecule has 4 nitrogen and oxygen atoms in total. The van der Waals surface area contributed by atoms with E-state index in [9.17, 15) is 0 Å². The number of fused-ring (bicyclic) bond motifs is 4. The molecule has 7 aromatic carbocycles. The summed E-state index contributed by atoms with van der Waals surface area (Å²) >= 11 is 6.48. The van der Waals surface area contributed by atoms with E-state index in [2.05, 4.69) is 113 Å². The van der Waals surface area contributed by atoms with Crippen molar-refractivity contribution in [3.8, 4) is 56.2 Å². The van der Waals surface area contributed by atoms with Gasteiger partial charge in [-0.05, 0) is 98.2 Å². The van der Waals surface area contributed by atoms with Gasteiger partial charge in [-0.3, -0.25) is 0 Å². The predicted octanol–water partition coefficient (Wildman–Crippen LogP) is 11.9. The third kappa shape index (κ3) is 5.19. The highest BCUT2D eigenvalue weighted by Crippen LogP contribution is 2.34. The maximum atomic E-state index is 6.48. The first-order valence-electron chi connectivity index (χ1n) is 15.8. The molecule has 5 heteroatoms. The van der Waals surface area contributed by atoms with E-state index in [1.807, 2.05) is 54.6 Å². The van der Waals surface area contributed by atoms with Crippen molar-refractivity contribution in [2.75, 3.05) is 0 Å². The molecule has 0 atom stereocenters. The number of benzene rings is 7. The van der Waals surface area contributed by atoms with Crippen LogP contribution in [0.4, 0.5) is 0 Å². The minimum absolute atomic E-state index is 0.139. The van der Waals surface area contributed by atoms with Gasteiger partial charge in [0, 0.05) is 21.9 Å². The van der Waals surface area contributed by atoms with Crippen LogP contribution in [0.3, 0.4) is 0 Å². The third-order valence-electron chi connectivity index (χ3n) is 8.84. The zero-order valence-electron chi connectivity index (χ0n) is 25.6. The molecule has 0 aliphatic carbocycles. The Labute approximate surface area is 282 Å². The first kappa shape index (κ1) is 28.1. The second-order valence-corrected chi connectivity index (χ2v) is 12.2. The average Bonchev–Trinajstić information content (AvgIpc) is 3.52. The highest BCUT2D eigenvalue weighted by molar-refractivity contribution is 6.28. The topological polar surface area (TPSA) is 51.8 Å². The van der Waals surface area contributed by atoms with E-state index in [0.29, 0.717) is 11.6 Å². The number of halogens is 1. The van der Waals surface area contributed by atoms with Crippen molar-refractivity contribution in [1.29, 1.82) is 0 Å². The van der Waals surface area contributed by atoms with Gasteiger partial charge in [0.25, 0.3) is 0 Å². The average molecular weight is 636 g/mol. The first-order valence-corrected chi connectivity index (χ1v) is 16.2. The summed E-state index contributed by atoms with van der Waals surface area (Å²) in [6, 6.07) is 54.7. The van der Waals surface area contributed by atoms with Crippen molar-refractivity contribution < 1.29 is 4.42 Å². The van der Waals surface area contributed by atoms with Crippen LogP contribution in [-0.2, 0) is 0 Å². The quantitative estimate of drug-likeness (QED) is 0.189. The summed E-state index contributed by atoms with van der Waals surface area (Å²) < 4.78 is 6.11. The second kappa shape index (κ2) is 11.6. The summed E-state index contributed by atoms with van der Waals surface area (Å²) in [6.45, 7) is 0. The van der Waals surface area contributed by atoms with E-state index >= 15 is 0 Å². The second-order valence-electron chi connectivity index (χ2n) is 11.9. The fourth-order valence-corrected chi connectivity index (χ4v) is 6.59. The summed E-state index contributed by atoms with van der Waals surface area (Å²) in [5, 5.41) is 4.62. The van der Waals surface area contributed by atoms with Gasteiger partial charge in [0.15, 0.2) is 11.6 Å². The monoisotopic (exact) mass is 635 g/mol. The van der Waals surface area contributed by atoms with E-state index in [-0.39, 0.29) is 5.28 Å². The molecular formula is C43H26ClN3O. The van der Waals surface area contributed by atoms with Gasteiger partial charge in [0.1, 0.15) is 11.2 Å². The lowest BCUT2D eigenvalue weighted by atomic mass is 9.95. The number of aromatic nitrogens is 3. The fraction of sp³-hybridized carbons (Fsp3) is 0. The SMILES string of the molecule is Clc1nc(-c2cccc(-c3ccc4ccc(-c5cccc(-c6ccccc6)c5)cc4c3)c2)nc(-c2ccc3c(c2)oc2ccccc23)n1. The standard InChI is InChI=1S/C43H26ClN3O/c44-43-46-41(45-42(47-43)35-20-21-38-37-14-4-5-15-39(37)48-40(38)26-35)34-13-7-12-31(23-34)33-19-17-28-16-18-32(24-36(28)25-33)30-11-6-10-29(22-30)27-8-2-1-3-9-27/h1-26H. The minimum atomic E-state index is 0.139. The lowest BCUT2D eigenvalue weighted by Crippen LogP contribution is -1.97. The zero-order chi connectivity index (χ0) is 32.0. The van der Waals surface area contributed by atoms with Crippen LogP contribution in [0, 0.1) is 0 Å². The molecule has 9 aromatic rings. The van der Waals surface area contributed by atoms with Gasteiger partial charge < -0.3 is 4.42 Å². The fourth-order valence-electron chi connectivity index (χ4n) is 6.43. The predicted molar refractivity (Wildman–Crippen MR) is 197 cm³/mol. The van der Waals surface area contributed by atoms with E-state index in [4.69, 9.17) is 21.0 Å². The molecule has 2 aromatic heterocycles. The Morgan fingerprint density at radius 3 is 1.60 bits per heavy atom. The lowest BCUT2D eigenvalue weighted by molar-refractivity contribution is 0.669. The number of hydrogen-bond acceptors (Lipinski definition) is 4. The zero-order valence-corrected chi connectivity index (χ0v) is 26.4. The molecule has 0 radical (unpaired) electrons. The van der Waals surface area contributed by atoms with E-state index in [1.165, 1.54) is 33.0 Å². The summed E-state index contributed by atoms with van der Waals surface area (Å²) in [7, 11) is 0. The highest BCUT2D eigenvalue weighted by Gasteiger charge is 2.14. The molecule has 0 N–H and O–H groups in total. The number of furan rings is 1. The summed E-state index contributed by atoms with van der Waals surface area (Å²) in [5.41, 5.74) is 10.2. The Morgan fingerprint density at radius 1 is 0.354 bits per heavy atom. The van der Waals surface area contributed by atoms with Crippen molar-refractivity contribution in [2.24, 2.45) is 0 Å². The molecule has 0 spiro atoms. The van der Waals surface area contributed by atoms with Gasteiger partial charge in [-0.25, -0.2) is 4.98 Å². The maximum absolute atomic E-state index is 6.48. The first-order chi connectivity index (χ1) is 23.6. The number of rotatable bonds is 5. The Kier molecular flexibility index (Phi) is 6.81. The molecule has 0 amide bonds. The van der Waals surface area contributed by atoms with Crippen LogP contribution in [0.15, 0.2) is 162 Å². The van der Waals surface area contributed by atoms with Gasteiger partial charge in [-0.2, -0.15) is 9.97 Å². The summed E-state index contributed by atoms with van der Waals surface area (Å²) in [6.07, 6.45) is 0. The Balaban J connectivity index is 1.06. The third-order valence-corrected chi connectivity index (χ3v) is 9.01. The van der Waals surface area contributed by atoms with Gasteiger partial charge in [0.2, 0.25) is 5.28 Å². The van der Waals surface area contributed by atoms with Crippen molar-refractivity contribution in [3.63, 3.8) is 0 Å². The number of hydrogen-bond donors (Lipinski definition) is 0. The largest absolute Gasteiger partial charge is 0.456 e. The van der Waals surface area contributed by atoms with Crippen molar-refractivity contribution >= 4 is 44.3 Å². The molecule has 9 rings (SSSR count). The van der Waals surface area contributed by atoms with Crippen LogP contribution in [0.2, 0.25) is 5.28 Å². The normalized spacial score (nSPS) is 11.4. The Hall–Kier alpha value is -6.10. The maximum Gasteiger partial charge on any atom is 0.226 e. The van der Waals surface area contributed by atoms with E-state index in [0.717, 1.165) is 44.2 Å². The van der Waals surface area contributed by atoms with Gasteiger partial charge in [0.05, 0.1) is 0 Å². The molecule has 0 unspecified atom stereocenters. The van der Waals surface area contributed by atoms with Gasteiger partial charge in [-0.15, -0.1) is 0 Å². The molecule has 0 aliphatic rings. The number of para-hydroxylation sites is 1. The summed E-state index contributed by atoms with van der Waals surface area (Å²) in [4.78, 5) is 13.8. The van der Waals surface area contributed by atoms with Crippen LogP contribution in [-0.4, -0.2) is 15.0 Å². The molecule has 0 bridgehead atoms.